The summed E-state index contributed by atoms with van der Waals surface area (Å²) in [6, 6.07) is 26.7. The number of hydrogen-bond acceptors (Lipinski definition) is 2. The predicted octanol–water partition coefficient (Wildman–Crippen LogP) is 19.0. The highest BCUT2D eigenvalue weighted by Gasteiger charge is 2.13. The van der Waals surface area contributed by atoms with Crippen molar-refractivity contribution in [1.29, 1.82) is 0 Å². The first-order valence-electron chi connectivity index (χ1n) is 24.7. The van der Waals surface area contributed by atoms with Crippen molar-refractivity contribution in [2.75, 3.05) is 11.5 Å². The molecule has 4 heteroatoms. The van der Waals surface area contributed by atoms with E-state index in [4.69, 9.17) is 11.5 Å². The lowest BCUT2D eigenvalue weighted by atomic mass is 9.90. The van der Waals surface area contributed by atoms with Gasteiger partial charge in [0.25, 0.3) is 0 Å². The SMILES string of the molecule is CCCCCCCCc1cc(Br)ccc1-c1ccc(Br)cc1CCCCCCCC.CCCCCCCCc1cc(N)ccc1-c1ccc(N)cc1CCCCCCCC. The summed E-state index contributed by atoms with van der Waals surface area (Å²) in [7, 11) is 0. The molecule has 0 aromatic heterocycles. The predicted molar refractivity (Wildman–Crippen MR) is 276 cm³/mol. The van der Waals surface area contributed by atoms with Crippen LogP contribution in [0.1, 0.15) is 204 Å². The Kier molecular flexibility index (Phi) is 27.8. The van der Waals surface area contributed by atoms with Gasteiger partial charge in [-0.25, -0.2) is 0 Å². The lowest BCUT2D eigenvalue weighted by molar-refractivity contribution is 0.607. The standard InChI is InChI=1S/C28H40Br2.C28H44N2/c2*1-3-5-7-9-11-13-15-23-21-25(29)17-19-27(23)28-20-18-26(30)22-24(28)16-14-12-10-8-6-4-2/h17-22H,3-16H2,1-2H3;17-22H,3-16,29-30H2,1-2H3. The second kappa shape index (κ2) is 32.2. The zero-order valence-corrected chi connectivity index (χ0v) is 41.8. The Morgan fingerprint density at radius 3 is 0.817 bits per heavy atom. The second-order valence-corrected chi connectivity index (χ2v) is 19.3. The number of aryl methyl sites for hydroxylation is 4. The molecule has 0 aliphatic carbocycles. The molecule has 0 aliphatic heterocycles. The van der Waals surface area contributed by atoms with E-state index in [9.17, 15) is 0 Å². The summed E-state index contributed by atoms with van der Waals surface area (Å²) < 4.78 is 2.39. The average molecular weight is 945 g/mol. The monoisotopic (exact) mass is 943 g/mol. The first-order valence-corrected chi connectivity index (χ1v) is 26.2. The molecule has 0 spiro atoms. The van der Waals surface area contributed by atoms with E-state index in [0.29, 0.717) is 0 Å². The van der Waals surface area contributed by atoms with Crippen molar-refractivity contribution < 1.29 is 0 Å². The number of anilines is 2. The van der Waals surface area contributed by atoms with Crippen molar-refractivity contribution in [3.8, 4) is 22.3 Å². The van der Waals surface area contributed by atoms with Gasteiger partial charge in [-0.15, -0.1) is 0 Å². The number of benzene rings is 4. The molecule has 2 nitrogen and oxygen atoms in total. The quantitative estimate of drug-likeness (QED) is 0.0404. The number of nitrogen functional groups attached to an aromatic ring is 2. The third kappa shape index (κ3) is 20.5. The van der Waals surface area contributed by atoms with Gasteiger partial charge in [-0.1, -0.05) is 212 Å². The third-order valence-electron chi connectivity index (χ3n) is 12.2. The van der Waals surface area contributed by atoms with Gasteiger partial charge in [-0.2, -0.15) is 0 Å². The Morgan fingerprint density at radius 1 is 0.300 bits per heavy atom. The molecular formula is C56H84Br2N2. The van der Waals surface area contributed by atoms with Crippen LogP contribution < -0.4 is 11.5 Å². The first kappa shape index (κ1) is 51.8. The van der Waals surface area contributed by atoms with Crippen LogP contribution in [0.15, 0.2) is 81.7 Å². The number of unbranched alkanes of at least 4 members (excludes halogenated alkanes) is 20. The van der Waals surface area contributed by atoms with E-state index in [2.05, 4.69) is 120 Å². The van der Waals surface area contributed by atoms with Crippen LogP contribution >= 0.6 is 31.9 Å². The van der Waals surface area contributed by atoms with Crippen LogP contribution in [0.5, 0.6) is 0 Å². The van der Waals surface area contributed by atoms with Crippen LogP contribution in [0.4, 0.5) is 11.4 Å². The molecule has 332 valence electrons. The molecule has 4 N–H and O–H groups in total. The van der Waals surface area contributed by atoms with E-state index in [1.807, 2.05) is 12.1 Å². The normalized spacial score (nSPS) is 11.2. The summed E-state index contributed by atoms with van der Waals surface area (Å²) in [5.74, 6) is 0. The minimum absolute atomic E-state index is 0.868. The second-order valence-electron chi connectivity index (χ2n) is 17.5. The Hall–Kier alpha value is -2.56. The molecule has 0 fully saturated rings. The van der Waals surface area contributed by atoms with Crippen LogP contribution in [0.25, 0.3) is 22.3 Å². The van der Waals surface area contributed by atoms with E-state index in [1.165, 1.54) is 220 Å². The maximum atomic E-state index is 6.16. The molecule has 0 aliphatic rings. The Bertz CT molecular complexity index is 1470. The van der Waals surface area contributed by atoms with Gasteiger partial charge in [0.1, 0.15) is 0 Å². The van der Waals surface area contributed by atoms with Crippen molar-refractivity contribution in [2.45, 2.75) is 207 Å². The minimum Gasteiger partial charge on any atom is -0.399 e. The molecule has 0 heterocycles. The maximum absolute atomic E-state index is 6.16. The highest BCUT2D eigenvalue weighted by atomic mass is 79.9. The van der Waals surface area contributed by atoms with Crippen LogP contribution in [0.3, 0.4) is 0 Å². The number of rotatable bonds is 30. The summed E-state index contributed by atoms with van der Waals surface area (Å²) in [5, 5.41) is 0. The fourth-order valence-electron chi connectivity index (χ4n) is 8.61. The molecule has 4 aromatic rings. The van der Waals surface area contributed by atoms with Crippen molar-refractivity contribution in [1.82, 2.24) is 0 Å². The average Bonchev–Trinajstić information content (AvgIpc) is 3.24. The molecule has 0 atom stereocenters. The number of halogens is 2. The molecule has 0 saturated heterocycles. The van der Waals surface area contributed by atoms with Crippen molar-refractivity contribution in [2.24, 2.45) is 0 Å². The lowest BCUT2D eigenvalue weighted by Gasteiger charge is -2.16. The summed E-state index contributed by atoms with van der Waals surface area (Å²) in [4.78, 5) is 0. The Balaban J connectivity index is 0.000000320. The molecule has 60 heavy (non-hydrogen) atoms. The topological polar surface area (TPSA) is 52.0 Å². The fraction of sp³-hybridized carbons (Fsp3) is 0.571. The van der Waals surface area contributed by atoms with Crippen molar-refractivity contribution in [3.05, 3.63) is 104 Å². The van der Waals surface area contributed by atoms with Crippen molar-refractivity contribution in [3.63, 3.8) is 0 Å². The molecular weight excluding hydrogens is 860 g/mol. The van der Waals surface area contributed by atoms with Gasteiger partial charge in [-0.3, -0.25) is 0 Å². The van der Waals surface area contributed by atoms with E-state index in [1.54, 1.807) is 0 Å². The van der Waals surface area contributed by atoms with E-state index in [0.717, 1.165) is 24.2 Å². The molecule has 4 aromatic carbocycles. The molecule has 0 radical (unpaired) electrons. The fourth-order valence-corrected chi connectivity index (χ4v) is 9.43. The van der Waals surface area contributed by atoms with E-state index in [-0.39, 0.29) is 0 Å². The zero-order valence-electron chi connectivity index (χ0n) is 38.6. The van der Waals surface area contributed by atoms with E-state index < -0.39 is 0 Å². The van der Waals surface area contributed by atoms with Gasteiger partial charge < -0.3 is 11.5 Å². The highest BCUT2D eigenvalue weighted by Crippen LogP contribution is 2.35. The summed E-state index contributed by atoms with van der Waals surface area (Å²) in [5.41, 5.74) is 25.4. The van der Waals surface area contributed by atoms with Gasteiger partial charge in [-0.05, 0) is 144 Å². The highest BCUT2D eigenvalue weighted by molar-refractivity contribution is 9.10. The smallest absolute Gasteiger partial charge is 0.0317 e. The van der Waals surface area contributed by atoms with Crippen LogP contribution in [-0.2, 0) is 25.7 Å². The first-order chi connectivity index (χ1) is 29.3. The number of nitrogens with two attached hydrogens (primary N) is 2. The lowest BCUT2D eigenvalue weighted by Crippen LogP contribution is -1.99. The summed E-state index contributed by atoms with van der Waals surface area (Å²) in [6.07, 6.45) is 36.6. The summed E-state index contributed by atoms with van der Waals surface area (Å²) in [6.45, 7) is 9.12. The Labute approximate surface area is 386 Å². The van der Waals surface area contributed by atoms with Gasteiger partial charge >= 0.3 is 0 Å². The van der Waals surface area contributed by atoms with E-state index >= 15 is 0 Å². The molecule has 4 rings (SSSR count). The largest absolute Gasteiger partial charge is 0.399 e. The van der Waals surface area contributed by atoms with Crippen LogP contribution in [0.2, 0.25) is 0 Å². The van der Waals surface area contributed by atoms with Crippen LogP contribution in [0, 0.1) is 0 Å². The Morgan fingerprint density at radius 2 is 0.533 bits per heavy atom. The molecule has 0 saturated carbocycles. The molecule has 0 amide bonds. The summed E-state index contributed by atoms with van der Waals surface area (Å²) >= 11 is 7.41. The number of hydrogen-bond donors (Lipinski definition) is 2. The molecule has 0 unspecified atom stereocenters. The zero-order chi connectivity index (χ0) is 43.2. The maximum Gasteiger partial charge on any atom is 0.0317 e. The van der Waals surface area contributed by atoms with Gasteiger partial charge in [0.2, 0.25) is 0 Å². The molecule has 0 bridgehead atoms. The van der Waals surface area contributed by atoms with Crippen molar-refractivity contribution >= 4 is 43.2 Å². The minimum atomic E-state index is 0.868. The van der Waals surface area contributed by atoms with Crippen LogP contribution in [-0.4, -0.2) is 0 Å². The third-order valence-corrected chi connectivity index (χ3v) is 13.2. The van der Waals surface area contributed by atoms with Gasteiger partial charge in [0.05, 0.1) is 0 Å². The van der Waals surface area contributed by atoms with Gasteiger partial charge in [0, 0.05) is 20.3 Å². The van der Waals surface area contributed by atoms with Gasteiger partial charge in [0.15, 0.2) is 0 Å².